The molecule has 4 nitrogen and oxygen atoms in total. The van der Waals surface area contributed by atoms with Crippen LogP contribution in [0, 0.1) is 5.82 Å². The smallest absolute Gasteiger partial charge is 0.223 e. The van der Waals surface area contributed by atoms with Crippen molar-refractivity contribution in [2.24, 2.45) is 0 Å². The van der Waals surface area contributed by atoms with Crippen molar-refractivity contribution in [2.75, 3.05) is 20.8 Å². The fourth-order valence-electron chi connectivity index (χ4n) is 2.71. The van der Waals surface area contributed by atoms with Crippen LogP contribution >= 0.6 is 0 Å². The van der Waals surface area contributed by atoms with E-state index in [2.05, 4.69) is 0 Å². The van der Waals surface area contributed by atoms with Gasteiger partial charge >= 0.3 is 0 Å². The maximum Gasteiger partial charge on any atom is 0.223 e. The number of methoxy groups -OCH3 is 2. The molecule has 0 bridgehead atoms. The second-order valence-corrected chi connectivity index (χ2v) is 5.72. The summed E-state index contributed by atoms with van der Waals surface area (Å²) in [5.74, 6) is 1.20. The average molecular weight is 345 g/mol. The predicted octanol–water partition coefficient (Wildman–Crippen LogP) is 3.82. The molecule has 0 saturated carbocycles. The predicted molar refractivity (Wildman–Crippen MR) is 95.4 cm³/mol. The number of carbonyl (C=O) groups is 1. The summed E-state index contributed by atoms with van der Waals surface area (Å²) in [6.07, 6.45) is 0.908. The van der Waals surface area contributed by atoms with Crippen LogP contribution in [0.1, 0.15) is 24.5 Å². The van der Waals surface area contributed by atoms with Gasteiger partial charge < -0.3 is 14.4 Å². The first-order valence-corrected chi connectivity index (χ1v) is 8.30. The number of aryl methyl sites for hydroxylation is 1. The first-order valence-electron chi connectivity index (χ1n) is 8.30. The topological polar surface area (TPSA) is 38.8 Å². The van der Waals surface area contributed by atoms with Gasteiger partial charge in [0.1, 0.15) is 17.3 Å². The third-order valence-corrected chi connectivity index (χ3v) is 4.09. The quantitative estimate of drug-likeness (QED) is 0.730. The normalized spacial score (nSPS) is 10.4. The molecule has 25 heavy (non-hydrogen) atoms. The fraction of sp³-hybridized carbons (Fsp3) is 0.350. The summed E-state index contributed by atoms with van der Waals surface area (Å²) in [4.78, 5) is 14.3. The van der Waals surface area contributed by atoms with Crippen molar-refractivity contribution < 1.29 is 18.7 Å². The maximum atomic E-state index is 13.3. The highest BCUT2D eigenvalue weighted by molar-refractivity contribution is 5.76. The first kappa shape index (κ1) is 18.8. The molecule has 0 aliphatic heterocycles. The van der Waals surface area contributed by atoms with E-state index in [0.29, 0.717) is 25.9 Å². The molecule has 5 heteroatoms. The Morgan fingerprint density at radius 3 is 2.56 bits per heavy atom. The van der Waals surface area contributed by atoms with Crippen molar-refractivity contribution >= 4 is 5.91 Å². The summed E-state index contributed by atoms with van der Waals surface area (Å²) >= 11 is 0. The molecule has 2 aromatic carbocycles. The third kappa shape index (κ3) is 5.21. The molecule has 0 aliphatic rings. The molecule has 134 valence electrons. The van der Waals surface area contributed by atoms with Crippen molar-refractivity contribution in [3.8, 4) is 11.5 Å². The summed E-state index contributed by atoms with van der Waals surface area (Å²) in [5, 5.41) is 0. The molecular formula is C20H24FNO3. The number of carbonyl (C=O) groups excluding carboxylic acids is 1. The molecule has 0 aliphatic carbocycles. The molecular weight excluding hydrogens is 321 g/mol. The lowest BCUT2D eigenvalue weighted by Crippen LogP contribution is -2.30. The van der Waals surface area contributed by atoms with Gasteiger partial charge in [-0.25, -0.2) is 4.39 Å². The molecule has 0 radical (unpaired) electrons. The molecule has 0 spiro atoms. The SMILES string of the molecule is CCN(Cc1cccc(F)c1)C(=O)CCc1cc(OC)ccc1OC. The van der Waals surface area contributed by atoms with Crippen molar-refractivity contribution in [3.05, 3.63) is 59.4 Å². The lowest BCUT2D eigenvalue weighted by Gasteiger charge is -2.21. The average Bonchev–Trinajstić information content (AvgIpc) is 2.63. The lowest BCUT2D eigenvalue weighted by atomic mass is 10.1. The van der Waals surface area contributed by atoms with Gasteiger partial charge in [-0.2, -0.15) is 0 Å². The van der Waals surface area contributed by atoms with E-state index >= 15 is 0 Å². The standard InChI is InChI=1S/C20H24FNO3/c1-4-22(14-15-6-5-7-17(21)12-15)20(23)11-8-16-13-18(24-2)9-10-19(16)25-3/h5-7,9-10,12-13H,4,8,11,14H2,1-3H3. The number of rotatable bonds is 8. The highest BCUT2D eigenvalue weighted by Gasteiger charge is 2.14. The Labute approximate surface area is 148 Å². The minimum absolute atomic E-state index is 0.0247. The number of amides is 1. The number of benzene rings is 2. The van der Waals surface area contributed by atoms with E-state index in [0.717, 1.165) is 22.6 Å². The molecule has 0 aromatic heterocycles. The van der Waals surface area contributed by atoms with Gasteiger partial charge in [0.2, 0.25) is 5.91 Å². The van der Waals surface area contributed by atoms with Gasteiger partial charge in [0, 0.05) is 19.5 Å². The van der Waals surface area contributed by atoms with Crippen LogP contribution < -0.4 is 9.47 Å². The van der Waals surface area contributed by atoms with E-state index in [1.807, 2.05) is 31.2 Å². The summed E-state index contributed by atoms with van der Waals surface area (Å²) in [5.41, 5.74) is 1.71. The Balaban J connectivity index is 2.02. The number of halogens is 1. The van der Waals surface area contributed by atoms with E-state index in [4.69, 9.17) is 9.47 Å². The van der Waals surface area contributed by atoms with Crippen LogP contribution in [0.2, 0.25) is 0 Å². The summed E-state index contributed by atoms with van der Waals surface area (Å²) < 4.78 is 23.9. The fourth-order valence-corrected chi connectivity index (χ4v) is 2.71. The van der Waals surface area contributed by atoms with Crippen LogP contribution in [-0.4, -0.2) is 31.6 Å². The molecule has 0 unspecified atom stereocenters. The molecule has 0 N–H and O–H groups in total. The van der Waals surface area contributed by atoms with Crippen molar-refractivity contribution in [3.63, 3.8) is 0 Å². The second kappa shape index (κ2) is 9.06. The van der Waals surface area contributed by atoms with Gasteiger partial charge in [-0.3, -0.25) is 4.79 Å². The van der Waals surface area contributed by atoms with Gasteiger partial charge in [0.05, 0.1) is 14.2 Å². The van der Waals surface area contributed by atoms with E-state index in [9.17, 15) is 9.18 Å². The van der Waals surface area contributed by atoms with Crippen LogP contribution in [0.3, 0.4) is 0 Å². The second-order valence-electron chi connectivity index (χ2n) is 5.72. The van der Waals surface area contributed by atoms with Gasteiger partial charge in [-0.05, 0) is 54.8 Å². The van der Waals surface area contributed by atoms with E-state index in [1.165, 1.54) is 12.1 Å². The molecule has 0 saturated heterocycles. The Kier molecular flexibility index (Phi) is 6.81. The third-order valence-electron chi connectivity index (χ3n) is 4.09. The van der Waals surface area contributed by atoms with Crippen LogP contribution in [0.4, 0.5) is 4.39 Å². The zero-order chi connectivity index (χ0) is 18.2. The molecule has 1 amide bonds. The van der Waals surface area contributed by atoms with E-state index in [-0.39, 0.29) is 11.7 Å². The molecule has 0 atom stereocenters. The summed E-state index contributed by atoms with van der Waals surface area (Å²) in [6, 6.07) is 11.9. The number of ether oxygens (including phenoxy) is 2. The Morgan fingerprint density at radius 2 is 1.92 bits per heavy atom. The van der Waals surface area contributed by atoms with E-state index in [1.54, 1.807) is 25.2 Å². The summed E-state index contributed by atoms with van der Waals surface area (Å²) in [6.45, 7) is 2.90. The minimum atomic E-state index is -0.290. The first-order chi connectivity index (χ1) is 12.1. The molecule has 0 heterocycles. The largest absolute Gasteiger partial charge is 0.497 e. The van der Waals surface area contributed by atoms with Crippen molar-refractivity contribution in [2.45, 2.75) is 26.3 Å². The zero-order valence-electron chi connectivity index (χ0n) is 14.9. The van der Waals surface area contributed by atoms with Gasteiger partial charge in [-0.1, -0.05) is 12.1 Å². The monoisotopic (exact) mass is 345 g/mol. The Morgan fingerprint density at radius 1 is 1.12 bits per heavy atom. The van der Waals surface area contributed by atoms with Gasteiger partial charge in [-0.15, -0.1) is 0 Å². The van der Waals surface area contributed by atoms with Gasteiger partial charge in [0.15, 0.2) is 0 Å². The van der Waals surface area contributed by atoms with Crippen molar-refractivity contribution in [1.82, 2.24) is 4.90 Å². The lowest BCUT2D eigenvalue weighted by molar-refractivity contribution is -0.131. The van der Waals surface area contributed by atoms with Crippen LogP contribution in [0.15, 0.2) is 42.5 Å². The van der Waals surface area contributed by atoms with Crippen molar-refractivity contribution in [1.29, 1.82) is 0 Å². The minimum Gasteiger partial charge on any atom is -0.497 e. The maximum absolute atomic E-state index is 13.3. The Hall–Kier alpha value is -2.56. The number of hydrogen-bond acceptors (Lipinski definition) is 3. The number of nitrogens with zero attached hydrogens (tertiary/aromatic N) is 1. The highest BCUT2D eigenvalue weighted by atomic mass is 19.1. The van der Waals surface area contributed by atoms with Gasteiger partial charge in [0.25, 0.3) is 0 Å². The van der Waals surface area contributed by atoms with Crippen LogP contribution in [-0.2, 0) is 17.8 Å². The molecule has 2 aromatic rings. The molecule has 0 fully saturated rings. The van der Waals surface area contributed by atoms with Crippen LogP contribution in [0.25, 0.3) is 0 Å². The highest BCUT2D eigenvalue weighted by Crippen LogP contribution is 2.25. The van der Waals surface area contributed by atoms with E-state index < -0.39 is 0 Å². The number of hydrogen-bond donors (Lipinski definition) is 0. The summed E-state index contributed by atoms with van der Waals surface area (Å²) in [7, 11) is 3.21. The zero-order valence-corrected chi connectivity index (χ0v) is 14.9. The molecule has 2 rings (SSSR count). The van der Waals surface area contributed by atoms with Crippen LogP contribution in [0.5, 0.6) is 11.5 Å². The Bertz CT molecular complexity index is 718.